The Labute approximate surface area is 292 Å². The molecule has 2 aromatic carbocycles. The maximum Gasteiger partial charge on any atom is 0.416 e. The van der Waals surface area contributed by atoms with Crippen LogP contribution in [0.1, 0.15) is 88.1 Å². The number of nitrogens with zero attached hydrogens (tertiary/aromatic N) is 2. The Morgan fingerprint density at radius 3 is 2.28 bits per heavy atom. The van der Waals surface area contributed by atoms with Crippen molar-refractivity contribution in [2.24, 2.45) is 11.8 Å². The number of aliphatic hydroxyl groups excluding tert-OH is 1. The van der Waals surface area contributed by atoms with E-state index >= 15 is 0 Å². The summed E-state index contributed by atoms with van der Waals surface area (Å²) in [4.78, 5) is 43.8. The summed E-state index contributed by atoms with van der Waals surface area (Å²) in [6.45, 7) is 6.42. The summed E-state index contributed by atoms with van der Waals surface area (Å²) in [6.07, 6.45) is 2.27. The Morgan fingerprint density at radius 1 is 0.980 bits per heavy atom. The van der Waals surface area contributed by atoms with E-state index < -0.39 is 29.7 Å². The third-order valence-electron chi connectivity index (χ3n) is 9.56. The number of hydrogen-bond donors (Lipinski definition) is 3. The fraction of sp³-hybridized carbons (Fsp3) is 0.595. The summed E-state index contributed by atoms with van der Waals surface area (Å²) in [6, 6.07) is 7.44. The molecule has 0 spiro atoms. The summed E-state index contributed by atoms with van der Waals surface area (Å²) in [5, 5.41) is 15.4. The molecular formula is C37H51F3N4O6. The number of ether oxygens (including phenoxy) is 2. The maximum atomic E-state index is 14.4. The van der Waals surface area contributed by atoms with E-state index in [-0.39, 0.29) is 60.0 Å². The number of amides is 4. The van der Waals surface area contributed by atoms with Gasteiger partial charge in [0.15, 0.2) is 0 Å². The number of halogens is 3. The molecule has 3 N–H and O–H groups in total. The number of urea groups is 1. The second-order valence-corrected chi connectivity index (χ2v) is 13.7. The Bertz CT molecular complexity index is 1430. The van der Waals surface area contributed by atoms with Crippen molar-refractivity contribution >= 4 is 29.2 Å². The molecule has 10 nitrogen and oxygen atoms in total. The Balaban J connectivity index is 1.57. The van der Waals surface area contributed by atoms with E-state index in [1.165, 1.54) is 6.07 Å². The first-order valence-corrected chi connectivity index (χ1v) is 17.6. The number of aliphatic hydroxyl groups is 1. The van der Waals surface area contributed by atoms with Gasteiger partial charge in [0, 0.05) is 50.0 Å². The number of fused-ring (bicyclic) bond motifs is 1. The van der Waals surface area contributed by atoms with E-state index in [0.717, 1.165) is 69.2 Å². The highest BCUT2D eigenvalue weighted by Crippen LogP contribution is 2.31. The molecule has 13 heteroatoms. The number of carbonyl (C=O) groups is 3. The average molecular weight is 705 g/mol. The molecule has 0 aromatic heterocycles. The van der Waals surface area contributed by atoms with Gasteiger partial charge in [0.2, 0.25) is 5.91 Å². The predicted molar refractivity (Wildman–Crippen MR) is 185 cm³/mol. The minimum absolute atomic E-state index is 0.0212. The lowest BCUT2D eigenvalue weighted by atomic mass is 9.88. The van der Waals surface area contributed by atoms with Crippen molar-refractivity contribution in [3.63, 3.8) is 0 Å². The van der Waals surface area contributed by atoms with Crippen LogP contribution in [0.2, 0.25) is 0 Å². The van der Waals surface area contributed by atoms with Crippen molar-refractivity contribution in [3.05, 3.63) is 53.6 Å². The maximum absolute atomic E-state index is 14.4. The van der Waals surface area contributed by atoms with E-state index in [4.69, 9.17) is 9.47 Å². The van der Waals surface area contributed by atoms with Crippen molar-refractivity contribution in [1.82, 2.24) is 9.80 Å². The van der Waals surface area contributed by atoms with Gasteiger partial charge in [-0.1, -0.05) is 26.2 Å². The van der Waals surface area contributed by atoms with Gasteiger partial charge in [0.05, 0.1) is 36.0 Å². The van der Waals surface area contributed by atoms with E-state index in [0.29, 0.717) is 25.3 Å². The molecule has 0 unspecified atom stereocenters. The minimum atomic E-state index is -4.50. The second kappa shape index (κ2) is 17.9. The molecular weight excluding hydrogens is 653 g/mol. The molecule has 2 aromatic rings. The van der Waals surface area contributed by atoms with Crippen LogP contribution in [0, 0.1) is 11.8 Å². The highest BCUT2D eigenvalue weighted by atomic mass is 19.4. The summed E-state index contributed by atoms with van der Waals surface area (Å²) < 4.78 is 51.5. The number of hydrogen-bond acceptors (Lipinski definition) is 6. The van der Waals surface area contributed by atoms with Crippen LogP contribution in [-0.2, 0) is 15.7 Å². The van der Waals surface area contributed by atoms with Gasteiger partial charge in [-0.2, -0.15) is 13.2 Å². The SMILES string of the molecule is C[C@@H]1CCCCO[C@H](CN(C)C(=O)C2CCCCC2)[C@@H](C)CN([C@H](C)CO)C(=O)c2cc(NC(=O)Nc3ccc(C(F)(F)F)cc3)ccc2O1. The summed E-state index contributed by atoms with van der Waals surface area (Å²) in [5.74, 6) is -0.167. The minimum Gasteiger partial charge on any atom is -0.490 e. The lowest BCUT2D eigenvalue weighted by Crippen LogP contribution is -2.48. The van der Waals surface area contributed by atoms with Crippen molar-refractivity contribution in [1.29, 1.82) is 0 Å². The molecule has 0 bridgehead atoms. The van der Waals surface area contributed by atoms with Crippen LogP contribution in [0.3, 0.4) is 0 Å². The fourth-order valence-electron chi connectivity index (χ4n) is 6.52. The molecule has 276 valence electrons. The summed E-state index contributed by atoms with van der Waals surface area (Å²) in [7, 11) is 1.81. The van der Waals surface area contributed by atoms with Crippen LogP contribution >= 0.6 is 0 Å². The number of anilines is 2. The molecule has 50 heavy (non-hydrogen) atoms. The number of alkyl halides is 3. The lowest BCUT2D eigenvalue weighted by molar-refractivity contribution is -0.138. The van der Waals surface area contributed by atoms with Crippen molar-refractivity contribution in [2.45, 2.75) is 96.6 Å². The van der Waals surface area contributed by atoms with Crippen LogP contribution < -0.4 is 15.4 Å². The molecule has 4 amide bonds. The first kappa shape index (κ1) is 39.0. The first-order chi connectivity index (χ1) is 23.8. The third-order valence-corrected chi connectivity index (χ3v) is 9.56. The molecule has 4 rings (SSSR count). The van der Waals surface area contributed by atoms with Crippen molar-refractivity contribution in [3.8, 4) is 5.75 Å². The van der Waals surface area contributed by atoms with Gasteiger partial charge < -0.3 is 35.0 Å². The van der Waals surface area contributed by atoms with E-state index in [2.05, 4.69) is 10.6 Å². The fourth-order valence-corrected chi connectivity index (χ4v) is 6.52. The van der Waals surface area contributed by atoms with Crippen LogP contribution in [-0.4, -0.2) is 84.4 Å². The number of carbonyl (C=O) groups excluding carboxylic acids is 3. The van der Waals surface area contributed by atoms with Crippen LogP contribution in [0.25, 0.3) is 0 Å². The second-order valence-electron chi connectivity index (χ2n) is 13.7. The third kappa shape index (κ3) is 10.8. The summed E-state index contributed by atoms with van der Waals surface area (Å²) >= 11 is 0. The van der Waals surface area contributed by atoms with E-state index in [1.54, 1.807) is 28.9 Å². The van der Waals surface area contributed by atoms with E-state index in [1.807, 2.05) is 20.9 Å². The molecule has 1 saturated carbocycles. The molecule has 1 heterocycles. The monoisotopic (exact) mass is 704 g/mol. The normalized spacial score (nSPS) is 22.0. The number of likely N-dealkylation sites (N-methyl/N-ethyl adjacent to an activating group) is 1. The Hall–Kier alpha value is -3.84. The molecule has 4 atom stereocenters. The van der Waals surface area contributed by atoms with Gasteiger partial charge in [0.1, 0.15) is 5.75 Å². The number of nitrogens with one attached hydrogen (secondary N) is 2. The van der Waals surface area contributed by atoms with Crippen LogP contribution in [0.4, 0.5) is 29.3 Å². The van der Waals surface area contributed by atoms with Crippen LogP contribution in [0.15, 0.2) is 42.5 Å². The zero-order valence-corrected chi connectivity index (χ0v) is 29.4. The largest absolute Gasteiger partial charge is 0.490 e. The van der Waals surface area contributed by atoms with Gasteiger partial charge >= 0.3 is 12.2 Å². The molecule has 0 radical (unpaired) electrons. The van der Waals surface area contributed by atoms with Gasteiger partial charge in [-0.05, 0) is 88.4 Å². The first-order valence-electron chi connectivity index (χ1n) is 17.6. The van der Waals surface area contributed by atoms with Crippen molar-refractivity contribution in [2.75, 3.05) is 44.0 Å². The van der Waals surface area contributed by atoms with Gasteiger partial charge in [-0.25, -0.2) is 4.79 Å². The Kier molecular flexibility index (Phi) is 13.9. The van der Waals surface area contributed by atoms with Gasteiger partial charge in [-0.15, -0.1) is 0 Å². The quantitative estimate of drug-likeness (QED) is 0.281. The molecule has 1 aliphatic carbocycles. The predicted octanol–water partition coefficient (Wildman–Crippen LogP) is 7.18. The average Bonchev–Trinajstić information content (AvgIpc) is 3.09. The molecule has 1 aliphatic heterocycles. The zero-order valence-electron chi connectivity index (χ0n) is 29.4. The smallest absolute Gasteiger partial charge is 0.416 e. The topological polar surface area (TPSA) is 120 Å². The van der Waals surface area contributed by atoms with E-state index in [9.17, 15) is 32.7 Å². The number of benzene rings is 2. The van der Waals surface area contributed by atoms with Gasteiger partial charge in [-0.3, -0.25) is 9.59 Å². The standard InChI is InChI=1S/C37H51F3N4O6/c1-24-21-44(25(2)23-45)35(47)31-20-30(42-36(48)41-29-15-13-28(14-16-29)37(38,39)40)17-18-32(31)50-26(3)10-8-9-19-49-33(24)22-43(4)34(46)27-11-6-5-7-12-27/h13-18,20,24-27,33,45H,5-12,19,21-23H2,1-4H3,(H2,41,42,48)/t24-,25+,26+,33+/m0/s1. The van der Waals surface area contributed by atoms with Crippen LogP contribution in [0.5, 0.6) is 5.75 Å². The highest BCUT2D eigenvalue weighted by molar-refractivity contribution is 6.02. The zero-order chi connectivity index (χ0) is 36.4. The Morgan fingerprint density at radius 2 is 1.62 bits per heavy atom. The summed E-state index contributed by atoms with van der Waals surface area (Å²) in [5.41, 5.74) is -0.249. The lowest BCUT2D eigenvalue weighted by Gasteiger charge is -2.36. The number of rotatable bonds is 7. The van der Waals surface area contributed by atoms with Gasteiger partial charge in [0.25, 0.3) is 5.91 Å². The molecule has 1 fully saturated rings. The molecule has 2 aliphatic rings. The molecule has 0 saturated heterocycles. The van der Waals surface area contributed by atoms with Crippen molar-refractivity contribution < 1.29 is 42.1 Å². The highest BCUT2D eigenvalue weighted by Gasteiger charge is 2.33.